The average Bonchev–Trinajstić information content (AvgIpc) is 3.13. The molecule has 0 saturated carbocycles. The van der Waals surface area contributed by atoms with Crippen molar-refractivity contribution in [3.8, 4) is 5.75 Å². The monoisotopic (exact) mass is 671 g/mol. The van der Waals surface area contributed by atoms with Crippen molar-refractivity contribution in [3.63, 3.8) is 0 Å². The van der Waals surface area contributed by atoms with E-state index in [1.54, 1.807) is 39.0 Å². The maximum atomic E-state index is 14.1. The van der Waals surface area contributed by atoms with Crippen molar-refractivity contribution < 1.29 is 37.8 Å². The predicted octanol–water partition coefficient (Wildman–Crippen LogP) is 4.50. The number of aliphatic hydroxyl groups excluding tert-OH is 1. The molecule has 14 heteroatoms. The maximum Gasteiger partial charge on any atom is 0.459 e. The largest absolute Gasteiger partial charge is 0.462 e. The second-order valence-corrected chi connectivity index (χ2v) is 13.5. The first-order valence-electron chi connectivity index (χ1n) is 12.8. The minimum absolute atomic E-state index is 0.188. The Morgan fingerprint density at radius 1 is 1.29 bits per heavy atom. The molecule has 1 saturated heterocycles. The molecular formula is C27H32BrClN3O8P. The molecule has 0 unspecified atom stereocenters. The molecule has 2 aliphatic rings. The minimum atomic E-state index is -4.29. The number of carbonyl (C=O) groups is 2. The lowest BCUT2D eigenvalue weighted by atomic mass is 10.0. The van der Waals surface area contributed by atoms with Crippen LogP contribution >= 0.6 is 35.3 Å². The van der Waals surface area contributed by atoms with Crippen molar-refractivity contribution >= 4 is 57.9 Å². The summed E-state index contributed by atoms with van der Waals surface area (Å²) in [5, 5.41) is 17.8. The molecule has 0 radical (unpaired) electrons. The van der Waals surface area contributed by atoms with Crippen LogP contribution in [0.5, 0.6) is 5.75 Å². The van der Waals surface area contributed by atoms with E-state index < -0.39 is 61.7 Å². The molecule has 0 aromatic heterocycles. The normalized spacial score (nSPS) is 26.9. The lowest BCUT2D eigenvalue weighted by Crippen LogP contribution is -2.51. The van der Waals surface area contributed by atoms with Crippen LogP contribution in [0.3, 0.4) is 0 Å². The number of ether oxygens (including phenoxy) is 2. The smallest absolute Gasteiger partial charge is 0.459 e. The maximum absolute atomic E-state index is 14.1. The van der Waals surface area contributed by atoms with Gasteiger partial charge in [-0.15, -0.1) is 11.6 Å². The Kier molecular flexibility index (Phi) is 9.55. The lowest BCUT2D eigenvalue weighted by Gasteiger charge is -2.37. The number of halogens is 2. The summed E-state index contributed by atoms with van der Waals surface area (Å²) in [4.78, 5) is 24.6. The second-order valence-electron chi connectivity index (χ2n) is 10.1. The summed E-state index contributed by atoms with van der Waals surface area (Å²) in [5.41, 5.74) is 0. The van der Waals surface area contributed by atoms with Gasteiger partial charge < -0.3 is 29.3 Å². The Bertz CT molecular complexity index is 1410. The van der Waals surface area contributed by atoms with E-state index in [4.69, 9.17) is 30.1 Å². The zero-order valence-corrected chi connectivity index (χ0v) is 26.1. The molecule has 0 spiro atoms. The molecule has 1 amide bonds. The van der Waals surface area contributed by atoms with Crippen molar-refractivity contribution in [1.82, 2.24) is 15.3 Å². The average molecular weight is 673 g/mol. The van der Waals surface area contributed by atoms with E-state index in [-0.39, 0.29) is 16.1 Å². The van der Waals surface area contributed by atoms with Crippen molar-refractivity contribution in [2.24, 2.45) is 0 Å². The van der Waals surface area contributed by atoms with Gasteiger partial charge in [-0.3, -0.25) is 14.1 Å². The fraction of sp³-hybridized carbons (Fsp3) is 0.407. The standard InChI is InChI=1S/C27H32BrClN3O8P/c1-15(2)38-25(35)16(3)31-41(36,40-21-12-8-10-18-9-6-7-11-19(18)21)37-14-22-23(33)27(5,29)26(39-22)32-13-20(28)24(34)30-17(32)4/h6-13,15-16,22-23,26,33H,4,14H2,1-3,5H3,(H,30,34)(H,31,36)/t16-,22-,23-,26-,27-,41+/m1/s1. The summed E-state index contributed by atoms with van der Waals surface area (Å²) in [6, 6.07) is 11.5. The third kappa shape index (κ3) is 6.97. The van der Waals surface area contributed by atoms with E-state index in [0.717, 1.165) is 5.39 Å². The van der Waals surface area contributed by atoms with Gasteiger partial charge in [0.25, 0.3) is 5.91 Å². The van der Waals surface area contributed by atoms with Crippen LogP contribution in [-0.2, 0) is 28.2 Å². The number of aliphatic hydroxyl groups is 1. The van der Waals surface area contributed by atoms with Gasteiger partial charge in [-0.05, 0) is 55.1 Å². The van der Waals surface area contributed by atoms with E-state index in [1.165, 1.54) is 18.0 Å². The quantitative estimate of drug-likeness (QED) is 0.188. The molecule has 4 rings (SSSR count). The van der Waals surface area contributed by atoms with Gasteiger partial charge in [0.1, 0.15) is 34.7 Å². The number of nitrogens with one attached hydrogen (secondary N) is 2. The third-order valence-corrected chi connectivity index (χ3v) is 9.05. The van der Waals surface area contributed by atoms with Crippen LogP contribution in [0, 0.1) is 0 Å². The topological polar surface area (TPSA) is 136 Å². The van der Waals surface area contributed by atoms with Gasteiger partial charge in [0.15, 0.2) is 6.23 Å². The summed E-state index contributed by atoms with van der Waals surface area (Å²) in [6.07, 6.45) is -2.32. The van der Waals surface area contributed by atoms with Crippen LogP contribution in [0.4, 0.5) is 0 Å². The number of benzene rings is 2. The van der Waals surface area contributed by atoms with Crippen molar-refractivity contribution in [2.45, 2.75) is 63.2 Å². The van der Waals surface area contributed by atoms with E-state index >= 15 is 0 Å². The predicted molar refractivity (Wildman–Crippen MR) is 157 cm³/mol. The third-order valence-electron chi connectivity index (χ3n) is 6.44. The SMILES string of the molecule is C=C1NC(=O)C(Br)=CN1[C@@H]1O[C@H](CO[P@@](=O)(N[C@H](C)C(=O)OC(C)C)Oc2cccc3ccccc23)[C@@H](O)[C@@]1(C)Cl. The van der Waals surface area contributed by atoms with Gasteiger partial charge in [-0.25, -0.2) is 4.57 Å². The molecule has 3 N–H and O–H groups in total. The minimum Gasteiger partial charge on any atom is -0.462 e. The van der Waals surface area contributed by atoms with Crippen LogP contribution in [0.1, 0.15) is 27.7 Å². The fourth-order valence-electron chi connectivity index (χ4n) is 4.36. The number of fused-ring (bicyclic) bond motifs is 1. The highest BCUT2D eigenvalue weighted by Crippen LogP contribution is 2.48. The van der Waals surface area contributed by atoms with Gasteiger partial charge in [0.2, 0.25) is 0 Å². The summed E-state index contributed by atoms with van der Waals surface area (Å²) in [7, 11) is -4.29. The van der Waals surface area contributed by atoms with Crippen LogP contribution in [0.25, 0.3) is 10.8 Å². The molecule has 11 nitrogen and oxygen atoms in total. The number of hydrogen-bond acceptors (Lipinski definition) is 9. The van der Waals surface area contributed by atoms with Crippen molar-refractivity contribution in [1.29, 1.82) is 0 Å². The van der Waals surface area contributed by atoms with Crippen molar-refractivity contribution in [3.05, 3.63) is 65.5 Å². The molecule has 2 heterocycles. The lowest BCUT2D eigenvalue weighted by molar-refractivity contribution is -0.149. The zero-order valence-electron chi connectivity index (χ0n) is 22.9. The zero-order chi connectivity index (χ0) is 30.1. The fourth-order valence-corrected chi connectivity index (χ4v) is 6.50. The van der Waals surface area contributed by atoms with Gasteiger partial charge in [0, 0.05) is 11.6 Å². The van der Waals surface area contributed by atoms with E-state index in [9.17, 15) is 19.3 Å². The summed E-state index contributed by atoms with van der Waals surface area (Å²) in [5.74, 6) is -0.609. The van der Waals surface area contributed by atoms with Crippen LogP contribution < -0.4 is 14.9 Å². The Balaban J connectivity index is 1.58. The molecule has 41 heavy (non-hydrogen) atoms. The Hall–Kier alpha value is -2.44. The van der Waals surface area contributed by atoms with E-state index in [1.807, 2.05) is 24.3 Å². The first-order chi connectivity index (χ1) is 19.2. The molecule has 6 atom stereocenters. The summed E-state index contributed by atoms with van der Waals surface area (Å²) >= 11 is 9.91. The highest BCUT2D eigenvalue weighted by Gasteiger charge is 2.55. The Labute approximate surface area is 251 Å². The Morgan fingerprint density at radius 2 is 1.98 bits per heavy atom. The first kappa shape index (κ1) is 31.5. The van der Waals surface area contributed by atoms with Crippen LogP contribution in [0.2, 0.25) is 0 Å². The highest BCUT2D eigenvalue weighted by atomic mass is 79.9. The van der Waals surface area contributed by atoms with Gasteiger partial charge in [-0.1, -0.05) is 43.0 Å². The number of carbonyl (C=O) groups excluding carboxylic acids is 2. The van der Waals surface area contributed by atoms with E-state index in [2.05, 4.69) is 32.9 Å². The molecule has 0 aliphatic carbocycles. The Morgan fingerprint density at radius 3 is 2.68 bits per heavy atom. The number of hydrogen-bond donors (Lipinski definition) is 3. The highest BCUT2D eigenvalue weighted by molar-refractivity contribution is 9.12. The van der Waals surface area contributed by atoms with Gasteiger partial charge >= 0.3 is 13.7 Å². The van der Waals surface area contributed by atoms with E-state index in [0.29, 0.717) is 5.39 Å². The molecule has 2 aromatic carbocycles. The molecule has 222 valence electrons. The number of nitrogens with zero attached hydrogens (tertiary/aromatic N) is 1. The number of alkyl halides is 1. The van der Waals surface area contributed by atoms with Crippen molar-refractivity contribution in [2.75, 3.05) is 6.61 Å². The molecule has 2 aliphatic heterocycles. The summed E-state index contributed by atoms with van der Waals surface area (Å²) in [6.45, 7) is 9.82. The number of amides is 1. The molecule has 2 aromatic rings. The first-order valence-corrected chi connectivity index (χ1v) is 15.5. The summed E-state index contributed by atoms with van der Waals surface area (Å²) < 4.78 is 37.4. The molecule has 1 fully saturated rings. The van der Waals surface area contributed by atoms with Crippen LogP contribution in [-0.4, -0.2) is 63.9 Å². The van der Waals surface area contributed by atoms with Crippen LogP contribution in [0.15, 0.2) is 65.5 Å². The molecular weight excluding hydrogens is 641 g/mol. The number of rotatable bonds is 10. The second kappa shape index (κ2) is 12.4. The number of esters is 1. The molecule has 0 bridgehead atoms. The van der Waals surface area contributed by atoms with Gasteiger partial charge in [-0.2, -0.15) is 5.09 Å². The van der Waals surface area contributed by atoms with Gasteiger partial charge in [0.05, 0.1) is 17.2 Å².